The van der Waals surface area contributed by atoms with Gasteiger partial charge in [0, 0.05) is 5.70 Å². The molecule has 28 heavy (non-hydrogen) atoms. The molecule has 5 nitrogen and oxygen atoms in total. The van der Waals surface area contributed by atoms with Crippen LogP contribution >= 0.6 is 0 Å². The predicted molar refractivity (Wildman–Crippen MR) is 107 cm³/mol. The third-order valence-electron chi connectivity index (χ3n) is 4.79. The van der Waals surface area contributed by atoms with Crippen molar-refractivity contribution < 1.29 is 19.1 Å². The lowest BCUT2D eigenvalue weighted by Crippen LogP contribution is -2.24. The van der Waals surface area contributed by atoms with Crippen molar-refractivity contribution in [1.29, 1.82) is 0 Å². The Bertz CT molecular complexity index is 953. The van der Waals surface area contributed by atoms with E-state index in [9.17, 15) is 9.59 Å². The summed E-state index contributed by atoms with van der Waals surface area (Å²) in [6.07, 6.45) is 1.71. The van der Waals surface area contributed by atoms with Gasteiger partial charge in [-0.05, 0) is 43.2 Å². The van der Waals surface area contributed by atoms with Crippen molar-refractivity contribution in [2.24, 2.45) is 0 Å². The summed E-state index contributed by atoms with van der Waals surface area (Å²) in [5.74, 6) is -0.00730. The summed E-state index contributed by atoms with van der Waals surface area (Å²) in [6, 6.07) is 15.3. The molecule has 2 aromatic carbocycles. The van der Waals surface area contributed by atoms with E-state index in [2.05, 4.69) is 0 Å². The first-order valence-electron chi connectivity index (χ1n) is 8.97. The smallest absolute Gasteiger partial charge is 0.340 e. The first-order valence-corrected chi connectivity index (χ1v) is 8.97. The van der Waals surface area contributed by atoms with Gasteiger partial charge in [0.15, 0.2) is 0 Å². The minimum absolute atomic E-state index is 0.214. The molecule has 1 amide bonds. The summed E-state index contributed by atoms with van der Waals surface area (Å²) in [5, 5.41) is 0. The van der Waals surface area contributed by atoms with Crippen molar-refractivity contribution in [2.45, 2.75) is 20.4 Å². The zero-order valence-electron chi connectivity index (χ0n) is 16.5. The van der Waals surface area contributed by atoms with E-state index in [0.717, 1.165) is 22.4 Å². The van der Waals surface area contributed by atoms with Crippen LogP contribution in [-0.4, -0.2) is 31.0 Å². The average Bonchev–Trinajstić information content (AvgIpc) is 2.94. The minimum atomic E-state index is -0.517. The Morgan fingerprint density at radius 3 is 2.21 bits per heavy atom. The van der Waals surface area contributed by atoms with Crippen molar-refractivity contribution in [3.05, 3.63) is 82.1 Å². The fourth-order valence-corrected chi connectivity index (χ4v) is 3.16. The van der Waals surface area contributed by atoms with Crippen LogP contribution in [0.1, 0.15) is 23.6 Å². The fraction of sp³-hybridized carbons (Fsp3) is 0.217. The molecule has 1 aliphatic heterocycles. The van der Waals surface area contributed by atoms with Crippen LogP contribution in [0.2, 0.25) is 0 Å². The second-order valence-corrected chi connectivity index (χ2v) is 6.66. The number of amides is 1. The number of benzene rings is 2. The van der Waals surface area contributed by atoms with Crippen LogP contribution in [0, 0.1) is 6.92 Å². The highest BCUT2D eigenvalue weighted by Crippen LogP contribution is 2.33. The normalized spacial score (nSPS) is 15.4. The summed E-state index contributed by atoms with van der Waals surface area (Å²) >= 11 is 0. The number of carbonyl (C=O) groups excluding carboxylic acids is 2. The van der Waals surface area contributed by atoms with Gasteiger partial charge in [-0.2, -0.15) is 0 Å². The van der Waals surface area contributed by atoms with Gasteiger partial charge in [0.05, 0.1) is 31.9 Å². The number of aryl methyl sites for hydroxylation is 1. The maximum Gasteiger partial charge on any atom is 0.340 e. The molecule has 2 aromatic rings. The highest BCUT2D eigenvalue weighted by atomic mass is 16.5. The molecule has 0 radical (unpaired) electrons. The summed E-state index contributed by atoms with van der Waals surface area (Å²) in [4.78, 5) is 27.1. The molecule has 0 saturated heterocycles. The first kappa shape index (κ1) is 19.4. The second kappa shape index (κ2) is 8.13. The van der Waals surface area contributed by atoms with Crippen LogP contribution in [0.25, 0.3) is 6.08 Å². The lowest BCUT2D eigenvalue weighted by Gasteiger charge is -2.18. The predicted octanol–water partition coefficient (Wildman–Crippen LogP) is 3.88. The third kappa shape index (κ3) is 3.83. The minimum Gasteiger partial charge on any atom is -0.497 e. The van der Waals surface area contributed by atoms with E-state index in [1.54, 1.807) is 25.0 Å². The maximum absolute atomic E-state index is 13.1. The van der Waals surface area contributed by atoms with E-state index in [1.807, 2.05) is 55.5 Å². The van der Waals surface area contributed by atoms with Crippen LogP contribution in [-0.2, 0) is 20.9 Å². The Morgan fingerprint density at radius 2 is 1.64 bits per heavy atom. The number of allylic oxidation sites excluding steroid dienone is 1. The number of rotatable bonds is 5. The highest BCUT2D eigenvalue weighted by molar-refractivity contribution is 6.16. The van der Waals surface area contributed by atoms with Crippen molar-refractivity contribution in [2.75, 3.05) is 14.2 Å². The number of esters is 1. The summed E-state index contributed by atoms with van der Waals surface area (Å²) in [5.41, 5.74) is 4.18. The molecular weight excluding hydrogens is 354 g/mol. The molecule has 144 valence electrons. The van der Waals surface area contributed by atoms with Gasteiger partial charge in [0.25, 0.3) is 5.91 Å². The summed E-state index contributed by atoms with van der Waals surface area (Å²) in [7, 11) is 2.92. The number of hydrogen-bond donors (Lipinski definition) is 0. The zero-order chi connectivity index (χ0) is 20.3. The van der Waals surface area contributed by atoms with Gasteiger partial charge >= 0.3 is 5.97 Å². The topological polar surface area (TPSA) is 55.8 Å². The van der Waals surface area contributed by atoms with E-state index in [1.165, 1.54) is 7.11 Å². The molecular formula is C23H23NO4. The fourth-order valence-electron chi connectivity index (χ4n) is 3.16. The van der Waals surface area contributed by atoms with Gasteiger partial charge in [0.2, 0.25) is 0 Å². The van der Waals surface area contributed by atoms with E-state index in [0.29, 0.717) is 23.4 Å². The van der Waals surface area contributed by atoms with Crippen LogP contribution in [0.4, 0.5) is 0 Å². The van der Waals surface area contributed by atoms with Crippen molar-refractivity contribution in [3.63, 3.8) is 0 Å². The van der Waals surface area contributed by atoms with Crippen molar-refractivity contribution in [1.82, 2.24) is 4.90 Å². The molecule has 3 rings (SSSR count). The van der Waals surface area contributed by atoms with Gasteiger partial charge in [-0.15, -0.1) is 0 Å². The lowest BCUT2D eigenvalue weighted by molar-refractivity contribution is -0.136. The van der Waals surface area contributed by atoms with Crippen LogP contribution in [0.15, 0.2) is 65.4 Å². The Kier molecular flexibility index (Phi) is 5.64. The Labute approximate surface area is 164 Å². The molecule has 0 bridgehead atoms. The van der Waals surface area contributed by atoms with Crippen LogP contribution in [0.3, 0.4) is 0 Å². The standard InChI is InChI=1S/C23H23NO4/c1-15-5-7-18(8-6-15)14-24-16(2)21(23(26)28-4)20(22(24)25)13-17-9-11-19(27-3)12-10-17/h5-13H,14H2,1-4H3. The SMILES string of the molecule is COC(=O)C1=C(C)N(Cc2ccc(C)cc2)C(=O)C1=Cc1ccc(OC)cc1. The first-order chi connectivity index (χ1) is 13.4. The van der Waals surface area contributed by atoms with Crippen molar-refractivity contribution in [3.8, 4) is 5.75 Å². The van der Waals surface area contributed by atoms with Crippen LogP contribution in [0.5, 0.6) is 5.75 Å². The molecule has 0 aliphatic carbocycles. The number of carbonyl (C=O) groups is 2. The van der Waals surface area contributed by atoms with Gasteiger partial charge < -0.3 is 14.4 Å². The number of ether oxygens (including phenoxy) is 2. The number of nitrogens with zero attached hydrogens (tertiary/aromatic N) is 1. The molecule has 0 fully saturated rings. The average molecular weight is 377 g/mol. The number of methoxy groups -OCH3 is 2. The maximum atomic E-state index is 13.1. The molecule has 5 heteroatoms. The van der Waals surface area contributed by atoms with Gasteiger partial charge in [-0.3, -0.25) is 4.79 Å². The molecule has 0 saturated carbocycles. The van der Waals surface area contributed by atoms with Gasteiger partial charge in [-0.1, -0.05) is 42.0 Å². The summed E-state index contributed by atoms with van der Waals surface area (Å²) < 4.78 is 10.1. The van der Waals surface area contributed by atoms with E-state index in [-0.39, 0.29) is 5.91 Å². The highest BCUT2D eigenvalue weighted by Gasteiger charge is 2.36. The largest absolute Gasteiger partial charge is 0.497 e. The molecule has 0 atom stereocenters. The number of hydrogen-bond acceptors (Lipinski definition) is 4. The monoisotopic (exact) mass is 377 g/mol. The quantitative estimate of drug-likeness (QED) is 0.586. The van der Waals surface area contributed by atoms with E-state index >= 15 is 0 Å². The Hall–Kier alpha value is -3.34. The molecule has 1 heterocycles. The Morgan fingerprint density at radius 1 is 1.00 bits per heavy atom. The lowest BCUT2D eigenvalue weighted by atomic mass is 10.0. The molecule has 0 aromatic heterocycles. The van der Waals surface area contributed by atoms with E-state index < -0.39 is 5.97 Å². The second-order valence-electron chi connectivity index (χ2n) is 6.66. The van der Waals surface area contributed by atoms with Crippen LogP contribution < -0.4 is 4.74 Å². The van der Waals surface area contributed by atoms with Gasteiger partial charge in [0.1, 0.15) is 5.75 Å². The molecule has 0 N–H and O–H groups in total. The molecule has 1 aliphatic rings. The van der Waals surface area contributed by atoms with E-state index in [4.69, 9.17) is 9.47 Å². The third-order valence-corrected chi connectivity index (χ3v) is 4.79. The molecule has 0 unspecified atom stereocenters. The Balaban J connectivity index is 1.98. The summed E-state index contributed by atoms with van der Waals surface area (Å²) in [6.45, 7) is 4.18. The van der Waals surface area contributed by atoms with Crippen molar-refractivity contribution >= 4 is 18.0 Å². The zero-order valence-corrected chi connectivity index (χ0v) is 16.5. The van der Waals surface area contributed by atoms with Gasteiger partial charge in [-0.25, -0.2) is 4.79 Å². The molecule has 0 spiro atoms.